The van der Waals surface area contributed by atoms with E-state index in [0.29, 0.717) is 11.3 Å². The lowest BCUT2D eigenvalue weighted by atomic mass is 10.2. The summed E-state index contributed by atoms with van der Waals surface area (Å²) in [4.78, 5) is 36.2. The van der Waals surface area contributed by atoms with Crippen LogP contribution in [0.2, 0.25) is 0 Å². The van der Waals surface area contributed by atoms with Crippen LogP contribution in [-0.2, 0) is 0 Å². The summed E-state index contributed by atoms with van der Waals surface area (Å²) in [6.45, 7) is 0. The van der Waals surface area contributed by atoms with Crippen LogP contribution in [0.15, 0.2) is 24.4 Å². The van der Waals surface area contributed by atoms with E-state index in [1.807, 2.05) is 0 Å². The van der Waals surface area contributed by atoms with Crippen LogP contribution >= 0.6 is 11.3 Å². The molecule has 0 aliphatic heterocycles. The van der Waals surface area contributed by atoms with Gasteiger partial charge in [0.05, 0.1) is 10.5 Å². The number of nitrogens with one attached hydrogen (secondary N) is 1. The highest BCUT2D eigenvalue weighted by Gasteiger charge is 2.17. The van der Waals surface area contributed by atoms with Crippen molar-refractivity contribution in [2.75, 3.05) is 5.32 Å². The Morgan fingerprint density at radius 3 is 2.77 bits per heavy atom. The number of aromatic hydroxyl groups is 1. The Kier molecular flexibility index (Phi) is 4.18. The number of rotatable bonds is 4. The summed E-state index contributed by atoms with van der Waals surface area (Å²) in [5.74, 6) is -1.20. The second-order valence-corrected chi connectivity index (χ2v) is 4.82. The van der Waals surface area contributed by atoms with Gasteiger partial charge in [0, 0.05) is 0 Å². The van der Waals surface area contributed by atoms with Crippen LogP contribution in [0, 0.1) is 10.1 Å². The van der Waals surface area contributed by atoms with Crippen molar-refractivity contribution in [3.63, 3.8) is 0 Å². The predicted molar refractivity (Wildman–Crippen MR) is 75.0 cm³/mol. The second kappa shape index (κ2) is 6.05. The normalized spacial score (nSPS) is 10.0. The van der Waals surface area contributed by atoms with Crippen LogP contribution < -0.4 is 15.8 Å². The monoisotopic (exact) mass is 324 g/mol. The quantitative estimate of drug-likeness (QED) is 0.567. The van der Waals surface area contributed by atoms with E-state index in [9.17, 15) is 24.8 Å². The molecule has 0 aliphatic rings. The number of aromatic nitrogens is 1. The van der Waals surface area contributed by atoms with Gasteiger partial charge >= 0.3 is 11.1 Å². The van der Waals surface area contributed by atoms with Gasteiger partial charge in [0.2, 0.25) is 0 Å². The Morgan fingerprint density at radius 2 is 2.18 bits per heavy atom. The zero-order valence-corrected chi connectivity index (χ0v) is 11.5. The van der Waals surface area contributed by atoms with Gasteiger partial charge in [0.15, 0.2) is 5.13 Å². The molecule has 0 spiro atoms. The molecule has 0 saturated heterocycles. The van der Waals surface area contributed by atoms with Gasteiger partial charge in [0.1, 0.15) is 17.7 Å². The third kappa shape index (κ3) is 3.46. The van der Waals surface area contributed by atoms with Crippen molar-refractivity contribution >= 4 is 33.5 Å². The number of nitrogens with zero attached hydrogens (tertiary/aromatic N) is 2. The SMILES string of the molecule is NC(=O)Oc1ccc(O)c(C(=O)Nc2ncc([N+](=O)[O-])s2)c1. The molecule has 2 rings (SSSR count). The van der Waals surface area contributed by atoms with Gasteiger partial charge in [-0.05, 0) is 29.5 Å². The molecule has 2 aromatic rings. The maximum atomic E-state index is 12.0. The third-order valence-electron chi connectivity index (χ3n) is 2.32. The summed E-state index contributed by atoms with van der Waals surface area (Å²) < 4.78 is 4.59. The maximum absolute atomic E-state index is 12.0. The molecule has 1 aromatic carbocycles. The average molecular weight is 324 g/mol. The van der Waals surface area contributed by atoms with Crippen molar-refractivity contribution in [3.05, 3.63) is 40.1 Å². The molecule has 0 aliphatic carbocycles. The minimum atomic E-state index is -1.08. The van der Waals surface area contributed by atoms with Gasteiger partial charge in [-0.2, -0.15) is 0 Å². The number of phenols is 1. The van der Waals surface area contributed by atoms with E-state index in [0.717, 1.165) is 18.3 Å². The van der Waals surface area contributed by atoms with Crippen LogP contribution in [-0.4, -0.2) is 27.0 Å². The molecule has 114 valence electrons. The van der Waals surface area contributed by atoms with Crippen molar-refractivity contribution in [3.8, 4) is 11.5 Å². The number of ether oxygens (including phenoxy) is 1. The van der Waals surface area contributed by atoms with Crippen molar-refractivity contribution in [2.24, 2.45) is 5.73 Å². The molecule has 10 nitrogen and oxygen atoms in total. The number of benzene rings is 1. The van der Waals surface area contributed by atoms with E-state index in [2.05, 4.69) is 15.0 Å². The lowest BCUT2D eigenvalue weighted by Gasteiger charge is -2.06. The van der Waals surface area contributed by atoms with E-state index in [4.69, 9.17) is 5.73 Å². The van der Waals surface area contributed by atoms with Crippen LogP contribution in [0.5, 0.6) is 11.5 Å². The molecular formula is C11H8N4O6S. The van der Waals surface area contributed by atoms with Crippen molar-refractivity contribution in [1.29, 1.82) is 0 Å². The molecule has 0 unspecified atom stereocenters. The zero-order chi connectivity index (χ0) is 16.3. The summed E-state index contributed by atoms with van der Waals surface area (Å²) in [6, 6.07) is 3.47. The standard InChI is InChI=1S/C11H8N4O6S/c12-10(18)21-5-1-2-7(16)6(3-5)9(17)14-11-13-4-8(22-11)15(19)20/h1-4,16H,(H2,12,18)(H,13,14,17). The number of amides is 2. The minimum absolute atomic E-state index is 0.0164. The first kappa shape index (κ1) is 15.2. The Bertz CT molecular complexity index is 759. The fourth-order valence-electron chi connectivity index (χ4n) is 1.45. The average Bonchev–Trinajstić information content (AvgIpc) is 2.89. The molecular weight excluding hydrogens is 316 g/mol. The Hall–Kier alpha value is -3.21. The number of nitro groups is 1. The molecule has 1 aromatic heterocycles. The molecule has 4 N–H and O–H groups in total. The van der Waals surface area contributed by atoms with Gasteiger partial charge in [0.25, 0.3) is 5.91 Å². The molecule has 22 heavy (non-hydrogen) atoms. The van der Waals surface area contributed by atoms with Crippen molar-refractivity contribution in [2.45, 2.75) is 0 Å². The topological polar surface area (TPSA) is 158 Å². The number of anilines is 1. The molecule has 0 fully saturated rings. The van der Waals surface area contributed by atoms with Crippen molar-refractivity contribution in [1.82, 2.24) is 4.98 Å². The number of carbonyl (C=O) groups is 2. The summed E-state index contributed by atoms with van der Waals surface area (Å²) >= 11 is 0.656. The Labute approximate surface area is 126 Å². The predicted octanol–water partition coefficient (Wildman–Crippen LogP) is 1.47. The van der Waals surface area contributed by atoms with Crippen LogP contribution in [0.1, 0.15) is 10.4 Å². The van der Waals surface area contributed by atoms with Crippen LogP contribution in [0.3, 0.4) is 0 Å². The fraction of sp³-hybridized carbons (Fsp3) is 0. The minimum Gasteiger partial charge on any atom is -0.507 e. The molecule has 2 amide bonds. The Balaban J connectivity index is 2.20. The highest BCUT2D eigenvalue weighted by molar-refractivity contribution is 7.18. The summed E-state index contributed by atoms with van der Waals surface area (Å²) in [5, 5.41) is 22.2. The highest BCUT2D eigenvalue weighted by Crippen LogP contribution is 2.27. The van der Waals surface area contributed by atoms with Gasteiger partial charge in [-0.1, -0.05) is 0 Å². The van der Waals surface area contributed by atoms with Crippen molar-refractivity contribution < 1.29 is 24.4 Å². The van der Waals surface area contributed by atoms with Gasteiger partial charge < -0.3 is 15.6 Å². The number of thiazole rings is 1. The first-order valence-electron chi connectivity index (χ1n) is 5.58. The smallest absolute Gasteiger partial charge is 0.409 e. The fourth-order valence-corrected chi connectivity index (χ4v) is 2.08. The van der Waals surface area contributed by atoms with Crippen LogP contribution in [0.25, 0.3) is 0 Å². The number of carbonyl (C=O) groups excluding carboxylic acids is 2. The van der Waals surface area contributed by atoms with Gasteiger partial charge in [-0.15, -0.1) is 0 Å². The first-order chi connectivity index (χ1) is 10.4. The van der Waals surface area contributed by atoms with Gasteiger partial charge in [-0.25, -0.2) is 9.78 Å². The lowest BCUT2D eigenvalue weighted by molar-refractivity contribution is -0.380. The first-order valence-corrected chi connectivity index (χ1v) is 6.40. The summed E-state index contributed by atoms with van der Waals surface area (Å²) in [5.41, 5.74) is 4.64. The lowest BCUT2D eigenvalue weighted by Crippen LogP contribution is -2.17. The maximum Gasteiger partial charge on any atom is 0.409 e. The van der Waals surface area contributed by atoms with E-state index < -0.39 is 16.9 Å². The third-order valence-corrected chi connectivity index (χ3v) is 3.19. The number of nitrogens with two attached hydrogens (primary N) is 1. The largest absolute Gasteiger partial charge is 0.507 e. The molecule has 0 atom stereocenters. The number of primary amides is 1. The summed E-state index contributed by atoms with van der Waals surface area (Å²) in [6.07, 6.45) is -0.0835. The van der Waals surface area contributed by atoms with E-state index in [1.54, 1.807) is 0 Å². The Morgan fingerprint density at radius 1 is 1.45 bits per heavy atom. The molecule has 1 heterocycles. The van der Waals surface area contributed by atoms with Crippen LogP contribution in [0.4, 0.5) is 14.9 Å². The zero-order valence-electron chi connectivity index (χ0n) is 10.7. The number of hydrogen-bond donors (Lipinski definition) is 3. The molecule has 11 heteroatoms. The highest BCUT2D eigenvalue weighted by atomic mass is 32.1. The van der Waals surface area contributed by atoms with E-state index in [-0.39, 0.29) is 27.2 Å². The molecule has 0 bridgehead atoms. The molecule has 0 saturated carbocycles. The second-order valence-electron chi connectivity index (χ2n) is 3.81. The van der Waals surface area contributed by atoms with Gasteiger partial charge in [-0.3, -0.25) is 20.2 Å². The summed E-state index contributed by atoms with van der Waals surface area (Å²) in [7, 11) is 0. The molecule has 0 radical (unpaired) electrons. The number of hydrogen-bond acceptors (Lipinski definition) is 8. The van der Waals surface area contributed by atoms with E-state index >= 15 is 0 Å². The van der Waals surface area contributed by atoms with E-state index in [1.165, 1.54) is 6.07 Å². The number of phenolic OH excluding ortho intramolecular Hbond substituents is 1.